The topological polar surface area (TPSA) is 102 Å². The van der Waals surface area contributed by atoms with Crippen LogP contribution < -0.4 is 10.1 Å². The van der Waals surface area contributed by atoms with Gasteiger partial charge in [-0.05, 0) is 36.4 Å². The summed E-state index contributed by atoms with van der Waals surface area (Å²) in [4.78, 5) is 20.5. The number of nitrogens with one attached hydrogen (secondary N) is 1. The third-order valence-electron chi connectivity index (χ3n) is 2.39. The first kappa shape index (κ1) is 13.3. The van der Waals surface area contributed by atoms with E-state index in [1.165, 1.54) is 24.3 Å². The molecule has 2 aromatic carbocycles. The van der Waals surface area contributed by atoms with Crippen LogP contribution in [0.5, 0.6) is 11.5 Å². The monoisotopic (exact) mass is 274 g/mol. The zero-order chi connectivity index (χ0) is 14.5. The van der Waals surface area contributed by atoms with Crippen LogP contribution >= 0.6 is 0 Å². The van der Waals surface area contributed by atoms with Crippen molar-refractivity contribution in [1.82, 2.24) is 0 Å². The van der Waals surface area contributed by atoms with Gasteiger partial charge < -0.3 is 9.84 Å². The van der Waals surface area contributed by atoms with Crippen LogP contribution in [0.15, 0.2) is 48.5 Å². The SMILES string of the molecule is O=C(O)Nc1ccc(Oc2ccc([N+](=O)[O-])cc2)cc1. The van der Waals surface area contributed by atoms with Crippen LogP contribution in [-0.4, -0.2) is 16.1 Å². The van der Waals surface area contributed by atoms with E-state index in [2.05, 4.69) is 5.32 Å². The van der Waals surface area contributed by atoms with Gasteiger partial charge in [0.2, 0.25) is 0 Å². The fourth-order valence-electron chi connectivity index (χ4n) is 1.50. The highest BCUT2D eigenvalue weighted by atomic mass is 16.6. The molecule has 2 rings (SSSR count). The van der Waals surface area contributed by atoms with E-state index in [9.17, 15) is 14.9 Å². The maximum Gasteiger partial charge on any atom is 0.409 e. The van der Waals surface area contributed by atoms with E-state index in [0.717, 1.165) is 0 Å². The summed E-state index contributed by atoms with van der Waals surface area (Å²) >= 11 is 0. The molecule has 7 nitrogen and oxygen atoms in total. The summed E-state index contributed by atoms with van der Waals surface area (Å²) in [6.07, 6.45) is -1.14. The third-order valence-corrected chi connectivity index (χ3v) is 2.39. The molecule has 20 heavy (non-hydrogen) atoms. The molecule has 0 aliphatic rings. The Kier molecular flexibility index (Phi) is 3.80. The summed E-state index contributed by atoms with van der Waals surface area (Å²) in [7, 11) is 0. The second-order valence-electron chi connectivity index (χ2n) is 3.81. The van der Waals surface area contributed by atoms with E-state index >= 15 is 0 Å². The number of non-ortho nitro benzene ring substituents is 1. The van der Waals surface area contributed by atoms with E-state index in [0.29, 0.717) is 17.2 Å². The van der Waals surface area contributed by atoms with Crippen molar-refractivity contribution in [2.24, 2.45) is 0 Å². The van der Waals surface area contributed by atoms with Crippen LogP contribution in [0.25, 0.3) is 0 Å². The van der Waals surface area contributed by atoms with Crippen molar-refractivity contribution < 1.29 is 19.6 Å². The number of benzene rings is 2. The van der Waals surface area contributed by atoms with Crippen LogP contribution in [0, 0.1) is 10.1 Å². The minimum atomic E-state index is -1.14. The van der Waals surface area contributed by atoms with E-state index in [-0.39, 0.29) is 5.69 Å². The van der Waals surface area contributed by atoms with Crippen LogP contribution in [0.1, 0.15) is 0 Å². The molecule has 2 N–H and O–H groups in total. The zero-order valence-electron chi connectivity index (χ0n) is 10.1. The smallest absolute Gasteiger partial charge is 0.409 e. The maximum absolute atomic E-state index is 10.5. The third kappa shape index (κ3) is 3.45. The van der Waals surface area contributed by atoms with Gasteiger partial charge in [0.15, 0.2) is 0 Å². The van der Waals surface area contributed by atoms with Gasteiger partial charge in [-0.3, -0.25) is 15.4 Å². The van der Waals surface area contributed by atoms with E-state index in [1.54, 1.807) is 24.3 Å². The maximum atomic E-state index is 10.5. The predicted octanol–water partition coefficient (Wildman–Crippen LogP) is 3.48. The molecular formula is C13H10N2O5. The lowest BCUT2D eigenvalue weighted by molar-refractivity contribution is -0.384. The molecule has 0 bridgehead atoms. The first-order chi connectivity index (χ1) is 9.54. The fourth-order valence-corrected chi connectivity index (χ4v) is 1.50. The number of carbonyl (C=O) groups is 1. The van der Waals surface area contributed by atoms with Crippen LogP contribution in [0.2, 0.25) is 0 Å². The molecule has 2 aromatic rings. The van der Waals surface area contributed by atoms with Crippen molar-refractivity contribution >= 4 is 17.5 Å². The largest absolute Gasteiger partial charge is 0.465 e. The Balaban J connectivity index is 2.06. The number of rotatable bonds is 4. The molecule has 0 aliphatic carbocycles. The van der Waals surface area contributed by atoms with Crippen molar-refractivity contribution in [3.63, 3.8) is 0 Å². The molecule has 0 aromatic heterocycles. The van der Waals surface area contributed by atoms with Crippen LogP contribution in [0.3, 0.4) is 0 Å². The van der Waals surface area contributed by atoms with Gasteiger partial charge in [-0.25, -0.2) is 4.79 Å². The van der Waals surface area contributed by atoms with Gasteiger partial charge >= 0.3 is 6.09 Å². The number of anilines is 1. The Morgan fingerprint density at radius 3 is 2.00 bits per heavy atom. The lowest BCUT2D eigenvalue weighted by atomic mass is 10.3. The first-order valence-corrected chi connectivity index (χ1v) is 5.57. The summed E-state index contributed by atoms with van der Waals surface area (Å²) in [5.74, 6) is 0.948. The average Bonchev–Trinajstić information content (AvgIpc) is 2.41. The number of hydrogen-bond acceptors (Lipinski definition) is 4. The molecule has 0 unspecified atom stereocenters. The summed E-state index contributed by atoms with van der Waals surface area (Å²) in [6.45, 7) is 0. The Labute approximate surface area is 113 Å². The van der Waals surface area contributed by atoms with Crippen molar-refractivity contribution in [1.29, 1.82) is 0 Å². The molecule has 102 valence electrons. The van der Waals surface area contributed by atoms with Crippen molar-refractivity contribution in [2.75, 3.05) is 5.32 Å². The number of nitro groups is 1. The fraction of sp³-hybridized carbons (Fsp3) is 0. The van der Waals surface area contributed by atoms with Crippen LogP contribution in [0.4, 0.5) is 16.2 Å². The van der Waals surface area contributed by atoms with Gasteiger partial charge in [0, 0.05) is 17.8 Å². The predicted molar refractivity (Wildman–Crippen MR) is 71.3 cm³/mol. The molecule has 0 saturated carbocycles. The second-order valence-corrected chi connectivity index (χ2v) is 3.81. The lowest BCUT2D eigenvalue weighted by Crippen LogP contribution is -2.06. The second kappa shape index (κ2) is 5.70. The summed E-state index contributed by atoms with van der Waals surface area (Å²) in [5, 5.41) is 21.3. The van der Waals surface area contributed by atoms with E-state index < -0.39 is 11.0 Å². The van der Waals surface area contributed by atoms with E-state index in [4.69, 9.17) is 9.84 Å². The number of nitrogens with zero attached hydrogens (tertiary/aromatic N) is 1. The standard InChI is InChI=1S/C13H10N2O5/c16-13(17)14-9-1-5-11(6-2-9)20-12-7-3-10(4-8-12)15(18)19/h1-8,14H,(H,16,17). The Morgan fingerprint density at radius 2 is 1.55 bits per heavy atom. The van der Waals surface area contributed by atoms with Gasteiger partial charge in [0.1, 0.15) is 11.5 Å². The highest BCUT2D eigenvalue weighted by Crippen LogP contribution is 2.24. The molecule has 0 spiro atoms. The number of nitro benzene ring substituents is 1. The van der Waals surface area contributed by atoms with Gasteiger partial charge in [0.05, 0.1) is 4.92 Å². The molecule has 0 radical (unpaired) electrons. The lowest BCUT2D eigenvalue weighted by Gasteiger charge is -2.06. The Morgan fingerprint density at radius 1 is 1.05 bits per heavy atom. The minimum Gasteiger partial charge on any atom is -0.465 e. The highest BCUT2D eigenvalue weighted by molar-refractivity contribution is 5.82. The molecule has 1 amide bonds. The Bertz CT molecular complexity index is 622. The number of ether oxygens (including phenoxy) is 1. The highest BCUT2D eigenvalue weighted by Gasteiger charge is 2.05. The zero-order valence-corrected chi connectivity index (χ0v) is 10.1. The molecule has 0 heterocycles. The average molecular weight is 274 g/mol. The number of amides is 1. The number of hydrogen-bond donors (Lipinski definition) is 2. The molecule has 0 aliphatic heterocycles. The minimum absolute atomic E-state index is 0.0154. The first-order valence-electron chi connectivity index (χ1n) is 5.57. The normalized spacial score (nSPS) is 9.80. The molecule has 0 fully saturated rings. The summed E-state index contributed by atoms with van der Waals surface area (Å²) in [5.41, 5.74) is 0.409. The quantitative estimate of drug-likeness (QED) is 0.656. The van der Waals surface area contributed by atoms with Gasteiger partial charge in [-0.2, -0.15) is 0 Å². The molecule has 0 atom stereocenters. The molecule has 0 saturated heterocycles. The number of carboxylic acid groups (broad SMARTS) is 1. The van der Waals surface area contributed by atoms with Crippen molar-refractivity contribution in [3.8, 4) is 11.5 Å². The van der Waals surface area contributed by atoms with Crippen molar-refractivity contribution in [2.45, 2.75) is 0 Å². The van der Waals surface area contributed by atoms with E-state index in [1.807, 2.05) is 0 Å². The summed E-state index contributed by atoms with van der Waals surface area (Å²) in [6, 6.07) is 11.9. The summed E-state index contributed by atoms with van der Waals surface area (Å²) < 4.78 is 5.48. The molecular weight excluding hydrogens is 264 g/mol. The molecule has 7 heteroatoms. The van der Waals surface area contributed by atoms with Crippen LogP contribution in [-0.2, 0) is 0 Å². The van der Waals surface area contributed by atoms with Crippen molar-refractivity contribution in [3.05, 3.63) is 58.6 Å². The van der Waals surface area contributed by atoms with Gasteiger partial charge in [0.25, 0.3) is 5.69 Å². The Hall–Kier alpha value is -3.09. The van der Waals surface area contributed by atoms with Gasteiger partial charge in [-0.1, -0.05) is 0 Å². The van der Waals surface area contributed by atoms with Gasteiger partial charge in [-0.15, -0.1) is 0 Å².